The minimum absolute atomic E-state index is 0.303. The van der Waals surface area contributed by atoms with Crippen LogP contribution in [0.2, 0.25) is 0 Å². The van der Waals surface area contributed by atoms with Gasteiger partial charge in [0, 0.05) is 11.6 Å². The lowest BCUT2D eigenvalue weighted by molar-refractivity contribution is -0.116. The molecule has 1 atom stereocenters. The first-order valence-corrected chi connectivity index (χ1v) is 8.59. The minimum Gasteiger partial charge on any atom is -0.497 e. The fraction of sp³-hybridized carbons (Fsp3) is 0.0870. The van der Waals surface area contributed by atoms with E-state index in [0.29, 0.717) is 5.56 Å². The average molecular weight is 361 g/mol. The van der Waals surface area contributed by atoms with Crippen LogP contribution in [-0.2, 0) is 4.79 Å². The lowest BCUT2D eigenvalue weighted by Gasteiger charge is -2.19. The van der Waals surface area contributed by atoms with E-state index in [4.69, 9.17) is 4.74 Å². The Labute approximate surface area is 158 Å². The summed E-state index contributed by atoms with van der Waals surface area (Å²) in [5.74, 6) is 0.0792. The summed E-state index contributed by atoms with van der Waals surface area (Å²) in [7, 11) is 1.61. The van der Waals surface area contributed by atoms with E-state index in [1.54, 1.807) is 25.3 Å². The van der Waals surface area contributed by atoms with Gasteiger partial charge in [-0.05, 0) is 35.4 Å². The monoisotopic (exact) mass is 361 g/mol. The highest BCUT2D eigenvalue weighted by Crippen LogP contribution is 2.24. The summed E-state index contributed by atoms with van der Waals surface area (Å²) in [4.78, 5) is 12.5. The lowest BCUT2D eigenvalue weighted by atomic mass is 9.98. The van der Waals surface area contributed by atoms with Gasteiger partial charge in [-0.15, -0.1) is 0 Å². The van der Waals surface area contributed by atoms with Crippen molar-refractivity contribution < 1.29 is 13.9 Å². The highest BCUT2D eigenvalue weighted by Gasteiger charge is 2.15. The Bertz CT molecular complexity index is 921. The molecule has 0 aliphatic carbocycles. The molecular formula is C23H20FNO2. The van der Waals surface area contributed by atoms with E-state index in [-0.39, 0.29) is 17.8 Å². The molecule has 3 aromatic rings. The Balaban J connectivity index is 1.82. The Morgan fingerprint density at radius 3 is 2.22 bits per heavy atom. The van der Waals surface area contributed by atoms with Crippen LogP contribution in [0, 0.1) is 5.82 Å². The zero-order valence-corrected chi connectivity index (χ0v) is 14.9. The molecule has 0 saturated carbocycles. The number of nitrogens with one attached hydrogen (secondary N) is 1. The topological polar surface area (TPSA) is 38.3 Å². The Morgan fingerprint density at radius 1 is 0.926 bits per heavy atom. The molecule has 0 aromatic heterocycles. The maximum absolute atomic E-state index is 13.7. The summed E-state index contributed by atoms with van der Waals surface area (Å²) in [6.45, 7) is 0. The number of hydrogen-bond acceptors (Lipinski definition) is 2. The molecule has 3 rings (SSSR count). The number of ether oxygens (including phenoxy) is 1. The fourth-order valence-electron chi connectivity index (χ4n) is 2.77. The molecule has 1 amide bonds. The summed E-state index contributed by atoms with van der Waals surface area (Å²) < 4.78 is 18.9. The molecule has 0 spiro atoms. The van der Waals surface area contributed by atoms with Crippen molar-refractivity contribution in [3.8, 4) is 5.75 Å². The number of methoxy groups -OCH3 is 1. The number of carbonyl (C=O) groups is 1. The van der Waals surface area contributed by atoms with Crippen LogP contribution in [0.15, 0.2) is 84.9 Å². The molecule has 136 valence electrons. The molecule has 1 unspecified atom stereocenters. The van der Waals surface area contributed by atoms with Gasteiger partial charge in [-0.25, -0.2) is 4.39 Å². The quantitative estimate of drug-likeness (QED) is 0.643. The van der Waals surface area contributed by atoms with Crippen LogP contribution >= 0.6 is 0 Å². The second kappa shape index (κ2) is 8.81. The van der Waals surface area contributed by atoms with E-state index in [0.717, 1.165) is 16.9 Å². The molecule has 0 radical (unpaired) electrons. The third-order valence-electron chi connectivity index (χ3n) is 4.19. The van der Waals surface area contributed by atoms with Gasteiger partial charge in [-0.3, -0.25) is 4.79 Å². The number of hydrogen-bond donors (Lipinski definition) is 1. The number of halogens is 1. The van der Waals surface area contributed by atoms with E-state index in [9.17, 15) is 9.18 Å². The van der Waals surface area contributed by atoms with Crippen molar-refractivity contribution >= 4 is 12.0 Å². The molecule has 1 N–H and O–H groups in total. The summed E-state index contributed by atoms with van der Waals surface area (Å²) in [6, 6.07) is 23.2. The fourth-order valence-corrected chi connectivity index (χ4v) is 2.77. The minimum atomic E-state index is -0.365. The maximum Gasteiger partial charge on any atom is 0.244 e. The normalized spacial score (nSPS) is 11.9. The number of benzene rings is 3. The molecule has 0 heterocycles. The van der Waals surface area contributed by atoms with E-state index in [1.807, 2.05) is 54.6 Å². The second-order valence-electron chi connectivity index (χ2n) is 5.98. The number of carbonyl (C=O) groups excluding carboxylic acids is 1. The first-order chi connectivity index (χ1) is 13.2. The van der Waals surface area contributed by atoms with Crippen molar-refractivity contribution in [1.29, 1.82) is 0 Å². The van der Waals surface area contributed by atoms with Crippen molar-refractivity contribution in [3.63, 3.8) is 0 Å². The molecule has 0 bridgehead atoms. The molecule has 4 heteroatoms. The smallest absolute Gasteiger partial charge is 0.244 e. The van der Waals surface area contributed by atoms with Gasteiger partial charge in [0.2, 0.25) is 5.91 Å². The van der Waals surface area contributed by atoms with Gasteiger partial charge < -0.3 is 10.1 Å². The maximum atomic E-state index is 13.7. The molecule has 3 nitrogen and oxygen atoms in total. The molecule has 0 fully saturated rings. The van der Waals surface area contributed by atoms with Crippen LogP contribution in [0.5, 0.6) is 5.75 Å². The third-order valence-corrected chi connectivity index (χ3v) is 4.19. The molecule has 27 heavy (non-hydrogen) atoms. The molecule has 0 aliphatic heterocycles. The highest BCUT2D eigenvalue weighted by atomic mass is 19.1. The summed E-state index contributed by atoms with van der Waals surface area (Å²) in [5.41, 5.74) is 2.25. The Morgan fingerprint density at radius 2 is 1.56 bits per heavy atom. The largest absolute Gasteiger partial charge is 0.497 e. The first kappa shape index (κ1) is 18.4. The summed E-state index contributed by atoms with van der Waals surface area (Å²) >= 11 is 0. The zero-order valence-electron chi connectivity index (χ0n) is 14.9. The molecule has 0 saturated heterocycles. The van der Waals surface area contributed by atoms with E-state index >= 15 is 0 Å². The van der Waals surface area contributed by atoms with Crippen LogP contribution in [0.1, 0.15) is 22.7 Å². The van der Waals surface area contributed by atoms with Gasteiger partial charge in [-0.2, -0.15) is 0 Å². The predicted octanol–water partition coefficient (Wildman–Crippen LogP) is 4.75. The third kappa shape index (κ3) is 4.82. The molecule has 3 aromatic carbocycles. The van der Waals surface area contributed by atoms with Crippen molar-refractivity contribution in [1.82, 2.24) is 5.32 Å². The van der Waals surface area contributed by atoms with Gasteiger partial charge in [0.1, 0.15) is 11.6 Å². The van der Waals surface area contributed by atoms with Crippen LogP contribution < -0.4 is 10.1 Å². The van der Waals surface area contributed by atoms with E-state index < -0.39 is 0 Å². The van der Waals surface area contributed by atoms with Crippen LogP contribution in [0.3, 0.4) is 0 Å². The SMILES string of the molecule is COc1ccc(C(NC(=O)/C=C/c2ccccc2F)c2ccccc2)cc1. The summed E-state index contributed by atoms with van der Waals surface area (Å²) in [5, 5.41) is 2.99. The average Bonchev–Trinajstić information content (AvgIpc) is 2.72. The summed E-state index contributed by atoms with van der Waals surface area (Å²) in [6.07, 6.45) is 2.82. The van der Waals surface area contributed by atoms with Crippen LogP contribution in [0.25, 0.3) is 6.08 Å². The van der Waals surface area contributed by atoms with Gasteiger partial charge >= 0.3 is 0 Å². The Kier molecular flexibility index (Phi) is 6.00. The number of amides is 1. The van der Waals surface area contributed by atoms with Gasteiger partial charge in [0.25, 0.3) is 0 Å². The van der Waals surface area contributed by atoms with Crippen molar-refractivity contribution in [2.24, 2.45) is 0 Å². The highest BCUT2D eigenvalue weighted by molar-refractivity contribution is 5.92. The van der Waals surface area contributed by atoms with Crippen LogP contribution in [0.4, 0.5) is 4.39 Å². The van der Waals surface area contributed by atoms with E-state index in [2.05, 4.69) is 5.32 Å². The molecular weight excluding hydrogens is 341 g/mol. The first-order valence-electron chi connectivity index (χ1n) is 8.59. The van der Waals surface area contributed by atoms with Gasteiger partial charge in [-0.1, -0.05) is 60.7 Å². The van der Waals surface area contributed by atoms with Gasteiger partial charge in [0.15, 0.2) is 0 Å². The van der Waals surface area contributed by atoms with Crippen LogP contribution in [-0.4, -0.2) is 13.0 Å². The standard InChI is InChI=1S/C23H20FNO2/c1-27-20-14-11-19(12-15-20)23(18-8-3-2-4-9-18)25-22(26)16-13-17-7-5-6-10-21(17)24/h2-16,23H,1H3,(H,25,26)/b16-13+. The van der Waals surface area contributed by atoms with E-state index in [1.165, 1.54) is 18.2 Å². The zero-order chi connectivity index (χ0) is 19.1. The lowest BCUT2D eigenvalue weighted by Crippen LogP contribution is -2.27. The molecule has 0 aliphatic rings. The van der Waals surface area contributed by atoms with Crippen molar-refractivity contribution in [3.05, 3.63) is 107 Å². The van der Waals surface area contributed by atoms with Gasteiger partial charge in [0.05, 0.1) is 13.2 Å². The van der Waals surface area contributed by atoms with Crippen molar-refractivity contribution in [2.75, 3.05) is 7.11 Å². The Hall–Kier alpha value is -3.40. The number of rotatable bonds is 6. The van der Waals surface area contributed by atoms with Crippen molar-refractivity contribution in [2.45, 2.75) is 6.04 Å². The second-order valence-corrected chi connectivity index (χ2v) is 5.98. The predicted molar refractivity (Wildman–Crippen MR) is 105 cm³/mol.